The number of carbonyl (C=O) groups excluding carboxylic acids is 1. The molecule has 2 atom stereocenters. The zero-order valence-electron chi connectivity index (χ0n) is 36.4. The van der Waals surface area contributed by atoms with Crippen molar-refractivity contribution < 1.29 is 81.6 Å². The summed E-state index contributed by atoms with van der Waals surface area (Å²) in [5, 5.41) is 10.9. The maximum Gasteiger partial charge on any atom is 1.00 e. The first-order valence-corrected chi connectivity index (χ1v) is 20.5. The number of benzene rings is 4. The number of fused-ring (bicyclic) bond motifs is 2. The van der Waals surface area contributed by atoms with E-state index in [4.69, 9.17) is 39.6 Å². The summed E-state index contributed by atoms with van der Waals surface area (Å²) in [5.41, 5.74) is 20.4. The Balaban J connectivity index is 0.000000241. The molecule has 8 rings (SSSR count). The summed E-state index contributed by atoms with van der Waals surface area (Å²) in [7, 11) is 0. The minimum absolute atomic E-state index is 0. The quantitative estimate of drug-likeness (QED) is 0.0646. The molecule has 0 spiro atoms. The van der Waals surface area contributed by atoms with Crippen LogP contribution >= 0.6 is 0 Å². The van der Waals surface area contributed by atoms with Crippen molar-refractivity contribution in [3.63, 3.8) is 0 Å². The van der Waals surface area contributed by atoms with Crippen LogP contribution in [0.2, 0.25) is 0 Å². The van der Waals surface area contributed by atoms with Gasteiger partial charge < -0.3 is 45.1 Å². The second-order valence-electron chi connectivity index (χ2n) is 14.8. The number of hydrogen-bond acceptors (Lipinski definition) is 12. The standard InChI is InChI=1S/C26H25FN2O4.C24H21FN2O4.Na.H2O/c1-2-31-25(30)14-19-5-3-4-6-24(19)33-16-17-11-20-8-10-32-26(20)21(12-17)18-7-9-29-23(13-18)22(28)15-27;25-13-20(26)21-11-16(5-7-27-21)19-10-15(9-18-6-8-30-24(18)19)14-31-22-4-2-1-3-17(22)12-23(28)29;;/h3-13,22H,2,14-16,28H2,1H3;1-11,20H,12-14,26H2,(H,28,29);;1H2/q;;+1;/p-1. The Hall–Kier alpha value is -6.46. The number of esters is 1. The van der Waals surface area contributed by atoms with Gasteiger partial charge in [0.05, 0.1) is 55.4 Å². The molecule has 0 aliphatic carbocycles. The van der Waals surface area contributed by atoms with E-state index in [0.29, 0.717) is 46.2 Å². The molecule has 66 heavy (non-hydrogen) atoms. The SMILES string of the molecule is CCOC(=O)Cc1ccccc1OCc1cc(-c2ccnc(C(N)CF)c2)c2occc2c1.NC(CF)c1cc(-c2cc(COc3ccccc3CC(=O)O)cc3ccoc23)ccn1.[Na+].[OH-]. The first kappa shape index (κ1) is 50.5. The molecule has 0 aliphatic heterocycles. The molecular weight excluding hydrogens is 862 g/mol. The van der Waals surface area contributed by atoms with Gasteiger partial charge in [0.25, 0.3) is 0 Å². The molecule has 4 aromatic heterocycles. The van der Waals surface area contributed by atoms with Crippen molar-refractivity contribution in [2.45, 2.75) is 45.1 Å². The number of alkyl halides is 2. The van der Waals surface area contributed by atoms with Crippen LogP contribution < -0.4 is 50.5 Å². The molecule has 2 unspecified atom stereocenters. The van der Waals surface area contributed by atoms with Crippen molar-refractivity contribution in [2.75, 3.05) is 20.0 Å². The summed E-state index contributed by atoms with van der Waals surface area (Å²) in [6.45, 7) is 1.26. The maximum absolute atomic E-state index is 13.1. The van der Waals surface area contributed by atoms with Crippen molar-refractivity contribution in [2.24, 2.45) is 11.5 Å². The number of furan rings is 2. The van der Waals surface area contributed by atoms with E-state index >= 15 is 0 Å². The summed E-state index contributed by atoms with van der Waals surface area (Å²) in [4.78, 5) is 31.4. The molecule has 0 amide bonds. The van der Waals surface area contributed by atoms with E-state index in [0.717, 1.165) is 49.7 Å². The molecule has 16 heteroatoms. The summed E-state index contributed by atoms with van der Waals surface area (Å²) < 4.78 is 54.5. The Kier molecular flexibility index (Phi) is 18.5. The van der Waals surface area contributed by atoms with Crippen molar-refractivity contribution >= 4 is 33.9 Å². The molecule has 6 N–H and O–H groups in total. The van der Waals surface area contributed by atoms with Gasteiger partial charge >= 0.3 is 41.5 Å². The molecule has 336 valence electrons. The largest absolute Gasteiger partial charge is 1.00 e. The minimum atomic E-state index is -0.918. The van der Waals surface area contributed by atoms with Gasteiger partial charge in [-0.3, -0.25) is 19.6 Å². The Morgan fingerprint density at radius 2 is 1.12 bits per heavy atom. The molecule has 0 aliphatic rings. The van der Waals surface area contributed by atoms with E-state index in [1.165, 1.54) is 0 Å². The number of carboxylic acids is 1. The molecular formula is C50H47F2N4NaO9. The minimum Gasteiger partial charge on any atom is -0.870 e. The average molecular weight is 909 g/mol. The number of para-hydroxylation sites is 2. The molecule has 0 fully saturated rings. The van der Waals surface area contributed by atoms with Crippen LogP contribution in [-0.2, 0) is 40.4 Å². The topological polar surface area (TPSA) is 216 Å². The number of halogens is 2. The van der Waals surface area contributed by atoms with Crippen molar-refractivity contribution in [1.82, 2.24) is 9.97 Å². The fourth-order valence-electron chi connectivity index (χ4n) is 7.11. The fourth-order valence-corrected chi connectivity index (χ4v) is 7.11. The Labute approximate surface area is 401 Å². The first-order chi connectivity index (χ1) is 31.1. The number of rotatable bonds is 17. The number of nitrogens with zero attached hydrogens (tertiary/aromatic N) is 2. The maximum atomic E-state index is 13.1. The van der Waals surface area contributed by atoms with E-state index in [1.807, 2.05) is 72.8 Å². The van der Waals surface area contributed by atoms with Crippen LogP contribution in [0.15, 0.2) is 143 Å². The first-order valence-electron chi connectivity index (χ1n) is 20.5. The third-order valence-electron chi connectivity index (χ3n) is 10.2. The van der Waals surface area contributed by atoms with E-state index in [2.05, 4.69) is 9.97 Å². The predicted octanol–water partition coefficient (Wildman–Crippen LogP) is 6.65. The Morgan fingerprint density at radius 1 is 0.667 bits per heavy atom. The second kappa shape index (κ2) is 24.2. The van der Waals surface area contributed by atoms with Crippen molar-refractivity contribution in [3.05, 3.63) is 168 Å². The number of hydrogen-bond donors (Lipinski definition) is 3. The van der Waals surface area contributed by atoms with E-state index in [9.17, 15) is 18.4 Å². The number of aliphatic carboxylic acids is 1. The number of pyridine rings is 2. The zero-order chi connectivity index (χ0) is 45.0. The molecule has 13 nitrogen and oxygen atoms in total. The van der Waals surface area contributed by atoms with Crippen LogP contribution in [0.5, 0.6) is 11.5 Å². The molecule has 0 saturated heterocycles. The number of ether oxygens (including phenoxy) is 3. The number of aromatic nitrogens is 2. The Bertz CT molecular complexity index is 2870. The smallest absolute Gasteiger partial charge is 0.870 e. The van der Waals surface area contributed by atoms with Crippen molar-refractivity contribution in [3.8, 4) is 33.8 Å². The molecule has 0 radical (unpaired) electrons. The van der Waals surface area contributed by atoms with Crippen molar-refractivity contribution in [1.29, 1.82) is 0 Å². The molecule has 0 bridgehead atoms. The van der Waals surface area contributed by atoms with Crippen LogP contribution in [0.3, 0.4) is 0 Å². The van der Waals surface area contributed by atoms with Gasteiger partial charge in [0.2, 0.25) is 0 Å². The summed E-state index contributed by atoms with van der Waals surface area (Å²) in [5.74, 6) is -0.0628. The summed E-state index contributed by atoms with van der Waals surface area (Å²) >= 11 is 0. The van der Waals surface area contributed by atoms with Crippen LogP contribution in [0.25, 0.3) is 44.2 Å². The normalized spacial score (nSPS) is 11.7. The van der Waals surface area contributed by atoms with Gasteiger partial charge in [0.15, 0.2) is 0 Å². The van der Waals surface area contributed by atoms with E-state index in [-0.39, 0.29) is 67.1 Å². The second-order valence-corrected chi connectivity index (χ2v) is 14.8. The average Bonchev–Trinajstić information content (AvgIpc) is 4.00. The van der Waals surface area contributed by atoms with Crippen LogP contribution in [0, 0.1) is 0 Å². The molecule has 8 aromatic rings. The van der Waals surface area contributed by atoms with Gasteiger partial charge in [-0.25, -0.2) is 8.78 Å². The van der Waals surface area contributed by atoms with E-state index in [1.54, 1.807) is 68.2 Å². The van der Waals surface area contributed by atoms with E-state index < -0.39 is 31.4 Å². The number of nitrogens with two attached hydrogens (primary N) is 2. The van der Waals surface area contributed by atoms with Gasteiger partial charge in [0.1, 0.15) is 49.2 Å². The van der Waals surface area contributed by atoms with Gasteiger partial charge in [-0.05, 0) is 102 Å². The molecule has 4 aromatic carbocycles. The summed E-state index contributed by atoms with van der Waals surface area (Å²) in [6.07, 6.45) is 6.48. The van der Waals surface area contributed by atoms with Crippen LogP contribution in [0.1, 0.15) is 52.6 Å². The van der Waals surface area contributed by atoms with Crippen LogP contribution in [-0.4, -0.2) is 52.4 Å². The predicted molar refractivity (Wildman–Crippen MR) is 240 cm³/mol. The van der Waals surface area contributed by atoms with Gasteiger partial charge in [-0.2, -0.15) is 0 Å². The molecule has 0 saturated carbocycles. The van der Waals surface area contributed by atoms with Crippen LogP contribution in [0.4, 0.5) is 8.78 Å². The fraction of sp³-hybridized carbons (Fsp3) is 0.200. The Morgan fingerprint density at radius 3 is 1.56 bits per heavy atom. The monoisotopic (exact) mass is 908 g/mol. The van der Waals surface area contributed by atoms with Gasteiger partial charge in [-0.1, -0.05) is 36.4 Å². The zero-order valence-corrected chi connectivity index (χ0v) is 38.4. The number of carbonyl (C=O) groups is 2. The van der Waals surface area contributed by atoms with Gasteiger partial charge in [-0.15, -0.1) is 0 Å². The third-order valence-corrected chi connectivity index (χ3v) is 10.2. The number of carboxylic acid groups (broad SMARTS) is 1. The van der Waals surface area contributed by atoms with Gasteiger partial charge in [0, 0.05) is 45.4 Å². The summed E-state index contributed by atoms with van der Waals surface area (Å²) in [6, 6.07) is 31.7. The third kappa shape index (κ3) is 12.7. The molecule has 4 heterocycles.